The van der Waals surface area contributed by atoms with E-state index in [0.717, 1.165) is 52.1 Å². The zero-order chi connectivity index (χ0) is 17.7. The highest BCUT2D eigenvalue weighted by Crippen LogP contribution is 2.30. The highest BCUT2D eigenvalue weighted by atomic mass is 32.2. The Morgan fingerprint density at radius 2 is 1.84 bits per heavy atom. The van der Waals surface area contributed by atoms with E-state index in [0.29, 0.717) is 12.2 Å². The van der Waals surface area contributed by atoms with Gasteiger partial charge in [0, 0.05) is 24.6 Å². The van der Waals surface area contributed by atoms with Crippen molar-refractivity contribution in [2.45, 2.75) is 24.2 Å². The first-order chi connectivity index (χ1) is 12.0. The second-order valence-corrected chi connectivity index (χ2v) is 8.42. The van der Waals surface area contributed by atoms with E-state index in [-0.39, 0.29) is 16.7 Å². The maximum Gasteiger partial charge on any atom is 0.240 e. The average molecular weight is 368 g/mol. The minimum absolute atomic E-state index is 0.0133. The molecule has 0 spiro atoms. The molecule has 8 heteroatoms. The number of carbonyl (C=O) groups excluding carboxylic acids is 1. The van der Waals surface area contributed by atoms with Gasteiger partial charge in [-0.1, -0.05) is 0 Å². The van der Waals surface area contributed by atoms with Gasteiger partial charge in [0.1, 0.15) is 13.1 Å². The smallest absolute Gasteiger partial charge is 0.240 e. The van der Waals surface area contributed by atoms with Gasteiger partial charge >= 0.3 is 0 Å². The predicted octanol–water partition coefficient (Wildman–Crippen LogP) is -0.381. The molecule has 1 aromatic rings. The number of ether oxygens (including phenoxy) is 1. The fourth-order valence-electron chi connectivity index (χ4n) is 2.85. The largest absolute Gasteiger partial charge is 0.370 e. The number of anilines is 1. The summed E-state index contributed by atoms with van der Waals surface area (Å²) in [5.74, 6) is 0.137. The number of hydrogen-bond acceptors (Lipinski definition) is 4. The molecular formula is C17H26N3O4S+. The van der Waals surface area contributed by atoms with E-state index in [1.807, 2.05) is 0 Å². The molecule has 0 aromatic heterocycles. The van der Waals surface area contributed by atoms with Gasteiger partial charge in [-0.2, -0.15) is 0 Å². The first kappa shape index (κ1) is 18.3. The number of hydrogen-bond donors (Lipinski definition) is 3. The summed E-state index contributed by atoms with van der Waals surface area (Å²) in [5.41, 5.74) is 0.631. The van der Waals surface area contributed by atoms with Crippen LogP contribution in [0, 0.1) is 5.92 Å². The monoisotopic (exact) mass is 368 g/mol. The summed E-state index contributed by atoms with van der Waals surface area (Å²) in [6.45, 7) is 4.90. The number of benzene rings is 1. The molecule has 0 atom stereocenters. The minimum Gasteiger partial charge on any atom is -0.370 e. The van der Waals surface area contributed by atoms with E-state index in [4.69, 9.17) is 4.74 Å². The SMILES string of the molecule is O=C(Nc1ccc(S(=O)(=O)NCCC[NH+]2CCOCC2)cc1)C1CC1. The highest BCUT2D eigenvalue weighted by Gasteiger charge is 2.29. The Bertz CT molecular complexity index is 680. The summed E-state index contributed by atoms with van der Waals surface area (Å²) in [6, 6.07) is 6.32. The van der Waals surface area contributed by atoms with E-state index in [1.165, 1.54) is 17.0 Å². The van der Waals surface area contributed by atoms with Crippen molar-refractivity contribution in [3.63, 3.8) is 0 Å². The second kappa shape index (κ2) is 8.27. The Balaban J connectivity index is 1.45. The van der Waals surface area contributed by atoms with Crippen LogP contribution in [0.4, 0.5) is 5.69 Å². The van der Waals surface area contributed by atoms with Crippen molar-refractivity contribution in [1.82, 2.24) is 4.72 Å². The fraction of sp³-hybridized carbons (Fsp3) is 0.588. The standard InChI is InChI=1S/C17H25N3O4S/c21-17(14-2-3-14)19-15-4-6-16(7-5-15)25(22,23)18-8-1-9-20-10-12-24-13-11-20/h4-7,14,18H,1-3,8-13H2,(H,19,21)/p+1. The molecule has 2 aliphatic rings. The summed E-state index contributed by atoms with van der Waals surface area (Å²) >= 11 is 0. The third-order valence-corrected chi connectivity index (χ3v) is 6.06. The van der Waals surface area contributed by atoms with E-state index in [2.05, 4.69) is 10.0 Å². The van der Waals surface area contributed by atoms with E-state index in [9.17, 15) is 13.2 Å². The molecule has 1 aliphatic heterocycles. The lowest BCUT2D eigenvalue weighted by Gasteiger charge is -2.23. The van der Waals surface area contributed by atoms with Gasteiger partial charge in [-0.05, 0) is 37.1 Å². The lowest BCUT2D eigenvalue weighted by Crippen LogP contribution is -3.14. The highest BCUT2D eigenvalue weighted by molar-refractivity contribution is 7.89. The van der Waals surface area contributed by atoms with Crippen molar-refractivity contribution in [2.24, 2.45) is 5.92 Å². The molecule has 1 heterocycles. The molecule has 1 saturated heterocycles. The molecule has 2 fully saturated rings. The molecule has 1 amide bonds. The molecule has 1 saturated carbocycles. The number of nitrogens with one attached hydrogen (secondary N) is 3. The molecule has 1 aliphatic carbocycles. The number of morpholine rings is 1. The first-order valence-electron chi connectivity index (χ1n) is 8.86. The Kier molecular flexibility index (Phi) is 6.06. The third-order valence-electron chi connectivity index (χ3n) is 4.58. The summed E-state index contributed by atoms with van der Waals surface area (Å²) in [6.07, 6.45) is 2.67. The topological polar surface area (TPSA) is 88.9 Å². The van der Waals surface area contributed by atoms with Gasteiger partial charge in [0.05, 0.1) is 24.7 Å². The summed E-state index contributed by atoms with van der Waals surface area (Å²) < 4.78 is 32.6. The van der Waals surface area contributed by atoms with Gasteiger partial charge < -0.3 is 15.0 Å². The maximum absolute atomic E-state index is 12.3. The number of carbonyl (C=O) groups is 1. The molecule has 3 rings (SSSR count). The Morgan fingerprint density at radius 1 is 1.16 bits per heavy atom. The fourth-order valence-corrected chi connectivity index (χ4v) is 3.92. The van der Waals surface area contributed by atoms with Crippen LogP contribution in [0.2, 0.25) is 0 Å². The van der Waals surface area contributed by atoms with Crippen LogP contribution in [-0.2, 0) is 19.6 Å². The van der Waals surface area contributed by atoms with Gasteiger partial charge in [0.25, 0.3) is 0 Å². The Morgan fingerprint density at radius 3 is 2.48 bits per heavy atom. The van der Waals surface area contributed by atoms with Gasteiger partial charge in [-0.15, -0.1) is 0 Å². The van der Waals surface area contributed by atoms with Crippen LogP contribution in [-0.4, -0.2) is 53.7 Å². The summed E-state index contributed by atoms with van der Waals surface area (Å²) in [4.78, 5) is 13.4. The van der Waals surface area contributed by atoms with Crippen molar-refractivity contribution in [3.8, 4) is 0 Å². The van der Waals surface area contributed by atoms with Crippen LogP contribution in [0.25, 0.3) is 0 Å². The molecule has 0 unspecified atom stereocenters. The van der Waals surface area contributed by atoms with Crippen LogP contribution >= 0.6 is 0 Å². The quantitative estimate of drug-likeness (QED) is 0.546. The van der Waals surface area contributed by atoms with Crippen LogP contribution < -0.4 is 14.9 Å². The molecule has 25 heavy (non-hydrogen) atoms. The minimum atomic E-state index is -3.51. The van der Waals surface area contributed by atoms with E-state index in [1.54, 1.807) is 12.1 Å². The zero-order valence-electron chi connectivity index (χ0n) is 14.3. The summed E-state index contributed by atoms with van der Waals surface area (Å²) in [7, 11) is -3.51. The molecule has 1 aromatic carbocycles. The van der Waals surface area contributed by atoms with Crippen LogP contribution in [0.5, 0.6) is 0 Å². The molecular weight excluding hydrogens is 342 g/mol. The first-order valence-corrected chi connectivity index (χ1v) is 10.3. The van der Waals surface area contributed by atoms with Crippen molar-refractivity contribution in [3.05, 3.63) is 24.3 Å². The Hall–Kier alpha value is -1.48. The van der Waals surface area contributed by atoms with Crippen molar-refractivity contribution in [2.75, 3.05) is 44.7 Å². The second-order valence-electron chi connectivity index (χ2n) is 6.65. The Labute approximate surface area is 148 Å². The number of amides is 1. The van der Waals surface area contributed by atoms with Crippen LogP contribution in [0.3, 0.4) is 0 Å². The van der Waals surface area contributed by atoms with Gasteiger partial charge in [-0.25, -0.2) is 13.1 Å². The van der Waals surface area contributed by atoms with Gasteiger partial charge in [-0.3, -0.25) is 4.79 Å². The average Bonchev–Trinajstić information content (AvgIpc) is 3.45. The lowest BCUT2D eigenvalue weighted by molar-refractivity contribution is -0.908. The summed E-state index contributed by atoms with van der Waals surface area (Å²) in [5, 5.41) is 2.80. The molecule has 3 N–H and O–H groups in total. The van der Waals surface area contributed by atoms with Gasteiger partial charge in [0.2, 0.25) is 15.9 Å². The predicted molar refractivity (Wildman–Crippen MR) is 94.0 cm³/mol. The van der Waals surface area contributed by atoms with Gasteiger partial charge in [0.15, 0.2) is 0 Å². The van der Waals surface area contributed by atoms with E-state index >= 15 is 0 Å². The third kappa shape index (κ3) is 5.50. The maximum atomic E-state index is 12.3. The van der Waals surface area contributed by atoms with Crippen LogP contribution in [0.1, 0.15) is 19.3 Å². The number of sulfonamides is 1. The molecule has 0 bridgehead atoms. The van der Waals surface area contributed by atoms with Crippen molar-refractivity contribution >= 4 is 21.6 Å². The normalized spacial score (nSPS) is 18.9. The number of quaternary nitrogens is 1. The van der Waals surface area contributed by atoms with E-state index < -0.39 is 10.0 Å². The van der Waals surface area contributed by atoms with Crippen LogP contribution in [0.15, 0.2) is 29.2 Å². The molecule has 7 nitrogen and oxygen atoms in total. The van der Waals surface area contributed by atoms with Crippen molar-refractivity contribution in [1.29, 1.82) is 0 Å². The lowest BCUT2D eigenvalue weighted by atomic mass is 10.3. The van der Waals surface area contributed by atoms with Crippen molar-refractivity contribution < 1.29 is 22.8 Å². The zero-order valence-corrected chi connectivity index (χ0v) is 15.1. The molecule has 0 radical (unpaired) electrons. The molecule has 138 valence electrons. The number of rotatable bonds is 8.